The van der Waals surface area contributed by atoms with E-state index in [-0.39, 0.29) is 5.91 Å². The van der Waals surface area contributed by atoms with Crippen molar-refractivity contribution in [3.8, 4) is 0 Å². The summed E-state index contributed by atoms with van der Waals surface area (Å²) in [5.74, 6) is 2.31. The summed E-state index contributed by atoms with van der Waals surface area (Å²) in [6, 6.07) is 7.98. The molecule has 1 aromatic heterocycles. The van der Waals surface area contributed by atoms with Gasteiger partial charge in [-0.05, 0) is 48.8 Å². The molecule has 0 spiro atoms. The van der Waals surface area contributed by atoms with Crippen LogP contribution in [0.15, 0.2) is 55.1 Å². The van der Waals surface area contributed by atoms with Gasteiger partial charge in [-0.1, -0.05) is 18.2 Å². The van der Waals surface area contributed by atoms with Crippen molar-refractivity contribution in [3.63, 3.8) is 0 Å². The molecule has 2 bridgehead atoms. The Hall–Kier alpha value is -2.56. The number of aromatic nitrogens is 2. The predicted octanol–water partition coefficient (Wildman–Crippen LogP) is 3.54. The van der Waals surface area contributed by atoms with Gasteiger partial charge in [0.2, 0.25) is 5.91 Å². The van der Waals surface area contributed by atoms with Crippen LogP contribution in [0.1, 0.15) is 19.3 Å². The Bertz CT molecular complexity index is 753. The number of carbonyl (C=O) groups is 1. The van der Waals surface area contributed by atoms with Gasteiger partial charge in [-0.2, -0.15) is 0 Å². The van der Waals surface area contributed by atoms with Crippen molar-refractivity contribution in [3.05, 3.63) is 55.1 Å². The molecule has 1 heterocycles. The van der Waals surface area contributed by atoms with Gasteiger partial charge in [0.25, 0.3) is 0 Å². The quantitative estimate of drug-likeness (QED) is 0.761. The topological polar surface area (TPSA) is 59.0 Å². The highest BCUT2D eigenvalue weighted by molar-refractivity contribution is 5.91. The fourth-order valence-electron chi connectivity index (χ4n) is 3.96. The van der Waals surface area contributed by atoms with Crippen molar-refractivity contribution in [1.29, 1.82) is 0 Å². The lowest BCUT2D eigenvalue weighted by Gasteiger charge is -2.19. The summed E-state index contributed by atoms with van der Waals surface area (Å²) in [4.78, 5) is 16.1. The average Bonchev–Trinajstić information content (AvgIpc) is 3.36. The molecule has 3 atom stereocenters. The Balaban J connectivity index is 1.27. The number of hydrogen-bond donors (Lipinski definition) is 2. The molecule has 0 radical (unpaired) electrons. The first-order chi connectivity index (χ1) is 12.3. The Morgan fingerprint density at radius 2 is 2.16 bits per heavy atom. The lowest BCUT2D eigenvalue weighted by atomic mass is 9.93. The van der Waals surface area contributed by atoms with E-state index < -0.39 is 0 Å². The zero-order valence-corrected chi connectivity index (χ0v) is 14.3. The highest BCUT2D eigenvalue weighted by Gasteiger charge is 2.35. The molecule has 4 rings (SSSR count). The molecular formula is C20H24N4O. The first-order valence-corrected chi connectivity index (χ1v) is 9.04. The number of aryl methyl sites for hydroxylation is 1. The summed E-state index contributed by atoms with van der Waals surface area (Å²) in [7, 11) is 0. The van der Waals surface area contributed by atoms with Crippen LogP contribution in [-0.4, -0.2) is 22.0 Å². The number of nitrogens with zero attached hydrogens (tertiary/aromatic N) is 2. The zero-order chi connectivity index (χ0) is 17.1. The van der Waals surface area contributed by atoms with Gasteiger partial charge in [-0.3, -0.25) is 4.79 Å². The molecular weight excluding hydrogens is 312 g/mol. The van der Waals surface area contributed by atoms with Crippen LogP contribution in [-0.2, 0) is 11.3 Å². The van der Waals surface area contributed by atoms with Crippen molar-refractivity contribution >= 4 is 17.3 Å². The summed E-state index contributed by atoms with van der Waals surface area (Å²) >= 11 is 0. The van der Waals surface area contributed by atoms with Crippen molar-refractivity contribution in [1.82, 2.24) is 9.55 Å². The molecule has 130 valence electrons. The molecule has 1 fully saturated rings. The number of imidazole rings is 1. The fraction of sp³-hybridized carbons (Fsp3) is 0.400. The van der Waals surface area contributed by atoms with Gasteiger partial charge in [0, 0.05) is 43.3 Å². The highest BCUT2D eigenvalue weighted by Crippen LogP contribution is 2.43. The standard InChI is InChI=1S/C20H24N4O/c25-20(6-8-24-9-7-21-14-24)23-19-3-1-2-18(12-19)22-13-17-11-15-4-5-16(17)10-15/h1-5,7,9,12,14-17,22H,6,8,10-11,13H2,(H,23,25). The lowest BCUT2D eigenvalue weighted by molar-refractivity contribution is -0.116. The summed E-state index contributed by atoms with van der Waals surface area (Å²) in [5, 5.41) is 6.52. The van der Waals surface area contributed by atoms with Crippen LogP contribution < -0.4 is 10.6 Å². The molecule has 1 amide bonds. The van der Waals surface area contributed by atoms with E-state index in [0.29, 0.717) is 13.0 Å². The van der Waals surface area contributed by atoms with Gasteiger partial charge >= 0.3 is 0 Å². The van der Waals surface area contributed by atoms with E-state index in [9.17, 15) is 4.79 Å². The Morgan fingerprint density at radius 3 is 2.92 bits per heavy atom. The van der Waals surface area contributed by atoms with E-state index in [4.69, 9.17) is 0 Å². The minimum Gasteiger partial charge on any atom is -0.385 e. The number of amides is 1. The molecule has 2 aliphatic rings. The third-order valence-corrected chi connectivity index (χ3v) is 5.29. The molecule has 2 aliphatic carbocycles. The van der Waals surface area contributed by atoms with E-state index in [1.807, 2.05) is 29.0 Å². The number of fused-ring (bicyclic) bond motifs is 2. The van der Waals surface area contributed by atoms with E-state index >= 15 is 0 Å². The number of benzene rings is 1. The molecule has 2 aromatic rings. The van der Waals surface area contributed by atoms with Gasteiger partial charge in [0.05, 0.1) is 6.33 Å². The monoisotopic (exact) mass is 336 g/mol. The first-order valence-electron chi connectivity index (χ1n) is 9.04. The second-order valence-corrected chi connectivity index (χ2v) is 7.10. The maximum Gasteiger partial charge on any atom is 0.226 e. The molecule has 25 heavy (non-hydrogen) atoms. The Morgan fingerprint density at radius 1 is 1.24 bits per heavy atom. The van der Waals surface area contributed by atoms with E-state index in [2.05, 4.69) is 33.8 Å². The lowest BCUT2D eigenvalue weighted by Crippen LogP contribution is -2.18. The van der Waals surface area contributed by atoms with Crippen LogP contribution in [0, 0.1) is 17.8 Å². The van der Waals surface area contributed by atoms with Crippen LogP contribution in [0.5, 0.6) is 0 Å². The summed E-state index contributed by atoms with van der Waals surface area (Å²) < 4.78 is 1.90. The minimum absolute atomic E-state index is 0.0177. The molecule has 0 aliphatic heterocycles. The van der Waals surface area contributed by atoms with Crippen LogP contribution >= 0.6 is 0 Å². The van der Waals surface area contributed by atoms with Gasteiger partial charge in [-0.25, -0.2) is 4.98 Å². The van der Waals surface area contributed by atoms with Gasteiger partial charge in [0.15, 0.2) is 0 Å². The highest BCUT2D eigenvalue weighted by atomic mass is 16.1. The number of anilines is 2. The number of carbonyl (C=O) groups excluding carboxylic acids is 1. The average molecular weight is 336 g/mol. The third kappa shape index (κ3) is 3.92. The summed E-state index contributed by atoms with van der Waals surface area (Å²) in [6.07, 6.45) is 13.1. The second-order valence-electron chi connectivity index (χ2n) is 7.10. The molecule has 1 aromatic carbocycles. The molecule has 5 heteroatoms. The molecule has 2 N–H and O–H groups in total. The van der Waals surface area contributed by atoms with Gasteiger partial charge in [0.1, 0.15) is 0 Å². The maximum absolute atomic E-state index is 12.1. The van der Waals surface area contributed by atoms with E-state index in [1.54, 1.807) is 12.5 Å². The maximum atomic E-state index is 12.1. The van der Waals surface area contributed by atoms with Crippen molar-refractivity contribution in [2.75, 3.05) is 17.2 Å². The summed E-state index contributed by atoms with van der Waals surface area (Å²) in [5.41, 5.74) is 1.91. The number of allylic oxidation sites excluding steroid dienone is 2. The van der Waals surface area contributed by atoms with Crippen LogP contribution in [0.2, 0.25) is 0 Å². The van der Waals surface area contributed by atoms with Gasteiger partial charge in [-0.15, -0.1) is 0 Å². The Labute approximate surface area is 148 Å². The van der Waals surface area contributed by atoms with Crippen LogP contribution in [0.25, 0.3) is 0 Å². The number of nitrogens with one attached hydrogen (secondary N) is 2. The SMILES string of the molecule is O=C(CCn1ccnc1)Nc1cccc(NCC2CC3C=CC2C3)c1. The second kappa shape index (κ2) is 7.13. The van der Waals surface area contributed by atoms with E-state index in [0.717, 1.165) is 35.7 Å². The Kier molecular flexibility index (Phi) is 4.55. The van der Waals surface area contributed by atoms with Crippen LogP contribution in [0.4, 0.5) is 11.4 Å². The molecule has 1 saturated carbocycles. The first kappa shape index (κ1) is 15.9. The smallest absolute Gasteiger partial charge is 0.226 e. The normalized spacial score (nSPS) is 23.8. The van der Waals surface area contributed by atoms with Gasteiger partial charge < -0.3 is 15.2 Å². The van der Waals surface area contributed by atoms with Crippen molar-refractivity contribution in [2.24, 2.45) is 17.8 Å². The zero-order valence-electron chi connectivity index (χ0n) is 14.3. The number of hydrogen-bond acceptors (Lipinski definition) is 3. The summed E-state index contributed by atoms with van der Waals surface area (Å²) in [6.45, 7) is 1.64. The molecule has 5 nitrogen and oxygen atoms in total. The van der Waals surface area contributed by atoms with Crippen molar-refractivity contribution < 1.29 is 4.79 Å². The van der Waals surface area contributed by atoms with Crippen molar-refractivity contribution in [2.45, 2.75) is 25.8 Å². The fourth-order valence-corrected chi connectivity index (χ4v) is 3.96. The predicted molar refractivity (Wildman–Crippen MR) is 99.2 cm³/mol. The largest absolute Gasteiger partial charge is 0.385 e. The third-order valence-electron chi connectivity index (χ3n) is 5.29. The van der Waals surface area contributed by atoms with Crippen LogP contribution in [0.3, 0.4) is 0 Å². The van der Waals surface area contributed by atoms with E-state index in [1.165, 1.54) is 12.8 Å². The molecule has 3 unspecified atom stereocenters. The number of rotatable bonds is 7. The molecule has 0 saturated heterocycles. The minimum atomic E-state index is 0.0177.